The Morgan fingerprint density at radius 2 is 0.353 bits per heavy atom. The van der Waals surface area contributed by atoms with Crippen molar-refractivity contribution in [2.75, 3.05) is 56.4 Å². The van der Waals surface area contributed by atoms with Gasteiger partial charge in [-0.1, -0.05) is 0 Å². The van der Waals surface area contributed by atoms with Crippen LogP contribution < -0.4 is 0 Å². The van der Waals surface area contributed by atoms with Crippen molar-refractivity contribution in [3.63, 3.8) is 0 Å². The highest BCUT2D eigenvalue weighted by molar-refractivity contribution is 3.87. The van der Waals surface area contributed by atoms with E-state index in [0.717, 1.165) is 8.97 Å². The van der Waals surface area contributed by atoms with Crippen molar-refractivity contribution in [2.45, 2.75) is 0 Å². The molecule has 0 heterocycles. The number of rotatable bonds is 0. The van der Waals surface area contributed by atoms with Gasteiger partial charge in [0.1, 0.15) is 0 Å². The molecular weight excluding hydrogens is 236 g/mol. The molecule has 0 rings (SSSR count). The largest absolute Gasteiger partial charge is 0.870 e. The minimum atomic E-state index is 0. The second-order valence-corrected chi connectivity index (χ2v) is 5.37. The molecular formula is C8H36N2O7. The van der Waals surface area contributed by atoms with Crippen molar-refractivity contribution in [2.24, 2.45) is 0 Å². The van der Waals surface area contributed by atoms with Crippen molar-refractivity contribution >= 4 is 0 Å². The zero-order valence-electron chi connectivity index (χ0n) is 12.3. The molecule has 0 atom stereocenters. The van der Waals surface area contributed by atoms with Crippen molar-refractivity contribution in [1.29, 1.82) is 0 Å². The first-order valence-electron chi connectivity index (χ1n) is 3.58. The molecule has 0 spiro atoms. The summed E-state index contributed by atoms with van der Waals surface area (Å²) in [6.07, 6.45) is 0. The van der Waals surface area contributed by atoms with Crippen molar-refractivity contribution < 1.29 is 47.3 Å². The molecule has 0 bridgehead atoms. The maximum Gasteiger partial charge on any atom is 0.0675 e. The van der Waals surface area contributed by atoms with Gasteiger partial charge in [-0.3, -0.25) is 0 Å². The van der Waals surface area contributed by atoms with Crippen molar-refractivity contribution in [1.82, 2.24) is 0 Å². The first-order valence-corrected chi connectivity index (χ1v) is 3.58. The summed E-state index contributed by atoms with van der Waals surface area (Å²) < 4.78 is 2.00. The van der Waals surface area contributed by atoms with Gasteiger partial charge in [-0.25, -0.2) is 0 Å². The lowest BCUT2D eigenvalue weighted by molar-refractivity contribution is -0.849. The number of nitrogens with zero attached hydrogens (tertiary/aromatic N) is 2. The van der Waals surface area contributed by atoms with E-state index in [2.05, 4.69) is 56.4 Å². The van der Waals surface area contributed by atoms with Gasteiger partial charge >= 0.3 is 0 Å². The van der Waals surface area contributed by atoms with Crippen molar-refractivity contribution in [3.8, 4) is 0 Å². The molecule has 9 nitrogen and oxygen atoms in total. The summed E-state index contributed by atoms with van der Waals surface area (Å²) in [5, 5.41) is 0. The normalized spacial score (nSPS) is 7.06. The van der Waals surface area contributed by atoms with E-state index in [1.165, 1.54) is 0 Å². The van der Waals surface area contributed by atoms with Crippen LogP contribution in [0.4, 0.5) is 0 Å². The Bertz CT molecular complexity index is 66.9. The average Bonchev–Trinajstić information content (AvgIpc) is 1.12. The van der Waals surface area contributed by atoms with E-state index in [9.17, 15) is 0 Å². The molecule has 0 saturated carbocycles. The maximum atomic E-state index is 2.12. The molecule has 0 aromatic heterocycles. The van der Waals surface area contributed by atoms with Crippen LogP contribution in [0.15, 0.2) is 0 Å². The minimum absolute atomic E-state index is 0. The average molecular weight is 272 g/mol. The van der Waals surface area contributed by atoms with Crippen molar-refractivity contribution in [3.05, 3.63) is 0 Å². The van der Waals surface area contributed by atoms with E-state index in [1.807, 2.05) is 0 Å². The molecule has 0 fully saturated rings. The Labute approximate surface area is 105 Å². The second kappa shape index (κ2) is 24.7. The molecule has 17 heavy (non-hydrogen) atoms. The molecule has 0 unspecified atom stereocenters. The van der Waals surface area contributed by atoms with Gasteiger partial charge in [0.2, 0.25) is 0 Å². The Morgan fingerprint density at radius 1 is 0.353 bits per heavy atom. The highest BCUT2D eigenvalue weighted by atomic mass is 16.0. The van der Waals surface area contributed by atoms with E-state index < -0.39 is 0 Å². The van der Waals surface area contributed by atoms with E-state index in [-0.39, 0.29) is 38.3 Å². The monoisotopic (exact) mass is 272 g/mol. The van der Waals surface area contributed by atoms with Crippen LogP contribution in [0.3, 0.4) is 0 Å². The SMILES string of the molecule is C[N+](C)(C)C.C[N+](C)(C)C.O.O.O.O.O.[OH-].[OH-]. The smallest absolute Gasteiger partial charge is 0.0675 e. The van der Waals surface area contributed by atoms with Crippen LogP contribution in [-0.4, -0.2) is 104 Å². The fourth-order valence-corrected chi connectivity index (χ4v) is 0. The molecule has 0 aromatic rings. The zero-order chi connectivity index (χ0) is 9.00. The topological polar surface area (TPSA) is 218 Å². The van der Waals surface area contributed by atoms with Gasteiger partial charge in [-0.15, -0.1) is 0 Å². The Kier molecular flexibility index (Phi) is 101. The molecule has 9 heteroatoms. The van der Waals surface area contributed by atoms with Crippen LogP contribution >= 0.6 is 0 Å². The third-order valence-corrected chi connectivity index (χ3v) is 0. The summed E-state index contributed by atoms with van der Waals surface area (Å²) >= 11 is 0. The van der Waals surface area contributed by atoms with Crippen LogP contribution in [0.5, 0.6) is 0 Å². The predicted molar refractivity (Wildman–Crippen MR) is 69.9 cm³/mol. The van der Waals surface area contributed by atoms with E-state index in [0.29, 0.717) is 0 Å². The summed E-state index contributed by atoms with van der Waals surface area (Å²) in [6, 6.07) is 0. The maximum absolute atomic E-state index is 2.12. The lowest BCUT2D eigenvalue weighted by Gasteiger charge is -2.14. The van der Waals surface area contributed by atoms with Crippen LogP contribution in [0.25, 0.3) is 0 Å². The lowest BCUT2D eigenvalue weighted by atomic mass is 10.8. The van der Waals surface area contributed by atoms with Gasteiger partial charge in [0.25, 0.3) is 0 Å². The van der Waals surface area contributed by atoms with Gasteiger partial charge in [0, 0.05) is 0 Å². The summed E-state index contributed by atoms with van der Waals surface area (Å²) in [6.45, 7) is 0. The minimum Gasteiger partial charge on any atom is -0.870 e. The molecule has 0 aliphatic carbocycles. The summed E-state index contributed by atoms with van der Waals surface area (Å²) in [7, 11) is 17.0. The fourth-order valence-electron chi connectivity index (χ4n) is 0. The van der Waals surface area contributed by atoms with Crippen LogP contribution in [0.1, 0.15) is 0 Å². The zero-order valence-corrected chi connectivity index (χ0v) is 12.3. The summed E-state index contributed by atoms with van der Waals surface area (Å²) in [5.41, 5.74) is 0. The lowest BCUT2D eigenvalue weighted by Crippen LogP contribution is -2.27. The van der Waals surface area contributed by atoms with Crippen LogP contribution in [0, 0.1) is 0 Å². The molecule has 120 valence electrons. The fraction of sp³-hybridized carbons (Fsp3) is 1.00. The molecule has 0 saturated heterocycles. The van der Waals surface area contributed by atoms with Gasteiger partial charge < -0.3 is 47.3 Å². The molecule has 0 aliphatic heterocycles. The summed E-state index contributed by atoms with van der Waals surface area (Å²) in [4.78, 5) is 0. The predicted octanol–water partition coefficient (Wildman–Crippen LogP) is -3.83. The first kappa shape index (κ1) is 69.7. The Balaban J connectivity index is -0.00000000762. The van der Waals surface area contributed by atoms with Gasteiger partial charge in [-0.2, -0.15) is 0 Å². The standard InChI is InChI=1S/2C4H12N.7H2O/c2*1-5(2,3)4;;;;;;;/h2*1-4H3;7*1H2/q2*+1;;;;;;;/p-2. The number of hydrogen-bond donors (Lipinski definition) is 0. The summed E-state index contributed by atoms with van der Waals surface area (Å²) in [5.74, 6) is 0. The van der Waals surface area contributed by atoms with Crippen LogP contribution in [0.2, 0.25) is 0 Å². The molecule has 0 amide bonds. The second-order valence-electron chi connectivity index (χ2n) is 5.37. The van der Waals surface area contributed by atoms with Gasteiger partial charge in [-0.05, 0) is 0 Å². The Morgan fingerprint density at radius 3 is 0.353 bits per heavy atom. The molecule has 12 N–H and O–H groups in total. The van der Waals surface area contributed by atoms with Gasteiger partial charge in [0.05, 0.1) is 56.4 Å². The molecule has 0 aliphatic rings. The van der Waals surface area contributed by atoms with Crippen LogP contribution in [-0.2, 0) is 0 Å². The third kappa shape index (κ3) is 22500. The first-order chi connectivity index (χ1) is 4.00. The highest BCUT2D eigenvalue weighted by Crippen LogP contribution is 1.74. The van der Waals surface area contributed by atoms with E-state index in [4.69, 9.17) is 0 Å². The molecule has 0 aromatic carbocycles. The quantitative estimate of drug-likeness (QED) is 0.404. The highest BCUT2D eigenvalue weighted by Gasteiger charge is 1.88. The van der Waals surface area contributed by atoms with E-state index in [1.54, 1.807) is 0 Å². The van der Waals surface area contributed by atoms with E-state index >= 15 is 0 Å². The number of quaternary nitrogens is 2. The third-order valence-electron chi connectivity index (χ3n) is 0. The Hall–Kier alpha value is -0.360. The number of hydrogen-bond acceptors (Lipinski definition) is 2. The molecule has 0 radical (unpaired) electrons. The van der Waals surface area contributed by atoms with Gasteiger partial charge in [0.15, 0.2) is 0 Å².